The Hall–Kier alpha value is -2.07. The molecule has 0 saturated carbocycles. The zero-order valence-electron chi connectivity index (χ0n) is 14.6. The fraction of sp³-hybridized carbons (Fsp3) is 0.350. The first-order chi connectivity index (χ1) is 11.4. The third kappa shape index (κ3) is 2.55. The highest BCUT2D eigenvalue weighted by Crippen LogP contribution is 2.44. The van der Waals surface area contributed by atoms with E-state index in [0.29, 0.717) is 5.75 Å². The van der Waals surface area contributed by atoms with Crippen molar-refractivity contribution in [2.75, 3.05) is 4.90 Å². The quantitative estimate of drug-likeness (QED) is 0.811. The van der Waals surface area contributed by atoms with Gasteiger partial charge in [0, 0.05) is 17.7 Å². The van der Waals surface area contributed by atoms with Crippen LogP contribution < -0.4 is 9.64 Å². The molecule has 0 saturated heterocycles. The van der Waals surface area contributed by atoms with Crippen LogP contribution in [0.5, 0.6) is 11.5 Å². The highest BCUT2D eigenvalue weighted by molar-refractivity contribution is 7.79. The molecule has 3 rings (SSSR count). The predicted molar refractivity (Wildman–Crippen MR) is 102 cm³/mol. The summed E-state index contributed by atoms with van der Waals surface area (Å²) < 4.78 is 6.49. The average Bonchev–Trinajstić information content (AvgIpc) is 2.59. The molecule has 1 N–H and O–H groups in total. The molecule has 0 aliphatic carbocycles. The third-order valence-electron chi connectivity index (χ3n) is 5.15. The zero-order chi connectivity index (χ0) is 17.5. The number of hydrogen-bond donors (Lipinski definition) is 1. The number of hydrogen-bond acceptors (Lipinski definition) is 3. The van der Waals surface area contributed by atoms with Crippen LogP contribution in [0.25, 0.3) is 0 Å². The second kappa shape index (κ2) is 6.10. The number of phenolic OH excluding ortho intramolecular Hbond substituents is 1. The molecule has 1 unspecified atom stereocenters. The van der Waals surface area contributed by atoms with Gasteiger partial charge < -0.3 is 9.84 Å². The van der Waals surface area contributed by atoms with Crippen molar-refractivity contribution in [1.29, 1.82) is 0 Å². The molecule has 2 aromatic carbocycles. The molecule has 0 aromatic heterocycles. The van der Waals surface area contributed by atoms with E-state index in [1.165, 1.54) is 0 Å². The van der Waals surface area contributed by atoms with E-state index in [1.807, 2.05) is 56.0 Å². The molecular formula is C20H23NO2S. The lowest BCUT2D eigenvalue weighted by Crippen LogP contribution is -2.52. The van der Waals surface area contributed by atoms with Gasteiger partial charge in [-0.3, -0.25) is 4.90 Å². The van der Waals surface area contributed by atoms with Gasteiger partial charge in [0.1, 0.15) is 11.5 Å². The number of anilines is 1. The second-order valence-electron chi connectivity index (χ2n) is 6.62. The van der Waals surface area contributed by atoms with Gasteiger partial charge in [-0.15, -0.1) is 0 Å². The minimum absolute atomic E-state index is 0.383. The summed E-state index contributed by atoms with van der Waals surface area (Å²) in [6.07, 6.45) is 1.64. The van der Waals surface area contributed by atoms with Gasteiger partial charge in [-0.05, 0) is 62.9 Å². The summed E-state index contributed by atoms with van der Waals surface area (Å²) in [6.45, 7) is 7.97. The Morgan fingerprint density at radius 1 is 1.12 bits per heavy atom. The molecule has 1 aliphatic heterocycles. The molecule has 0 fully saturated rings. The van der Waals surface area contributed by atoms with Crippen molar-refractivity contribution < 1.29 is 9.84 Å². The summed E-state index contributed by atoms with van der Waals surface area (Å²) >= 11 is 5.29. The lowest BCUT2D eigenvalue weighted by atomic mass is 9.89. The van der Waals surface area contributed by atoms with Gasteiger partial charge in [-0.25, -0.2) is 0 Å². The highest BCUT2D eigenvalue weighted by Gasteiger charge is 2.39. The Morgan fingerprint density at radius 2 is 1.79 bits per heavy atom. The predicted octanol–water partition coefficient (Wildman–Crippen LogP) is 4.82. The third-order valence-corrected chi connectivity index (χ3v) is 5.36. The Morgan fingerprint density at radius 3 is 2.42 bits per heavy atom. The number of aromatic hydroxyl groups is 1. The van der Waals surface area contributed by atoms with Gasteiger partial charge in [0.05, 0.1) is 5.49 Å². The molecule has 126 valence electrons. The number of rotatable bonds is 3. The molecule has 1 aliphatic rings. The number of benzene rings is 2. The van der Waals surface area contributed by atoms with Crippen molar-refractivity contribution in [1.82, 2.24) is 0 Å². The molecule has 0 bridgehead atoms. The van der Waals surface area contributed by atoms with Crippen molar-refractivity contribution >= 4 is 23.4 Å². The number of phenols is 1. The van der Waals surface area contributed by atoms with Crippen molar-refractivity contribution in [3.05, 3.63) is 52.6 Å². The van der Waals surface area contributed by atoms with E-state index in [-0.39, 0.29) is 0 Å². The summed E-state index contributed by atoms with van der Waals surface area (Å²) in [5, 5.41) is 10.3. The summed E-state index contributed by atoms with van der Waals surface area (Å²) in [4.78, 5) is 2.02. The van der Waals surface area contributed by atoms with E-state index in [0.717, 1.165) is 46.5 Å². The van der Waals surface area contributed by atoms with Crippen molar-refractivity contribution in [3.8, 4) is 11.5 Å². The molecule has 0 radical (unpaired) electrons. The largest absolute Gasteiger partial charge is 0.507 e. The first kappa shape index (κ1) is 16.8. The summed E-state index contributed by atoms with van der Waals surface area (Å²) in [5.41, 5.74) is 6.03. The number of thiocarbonyl (C=S) groups is 1. The second-order valence-corrected chi connectivity index (χ2v) is 6.83. The maximum absolute atomic E-state index is 10.3. The monoisotopic (exact) mass is 341 g/mol. The summed E-state index contributed by atoms with van der Waals surface area (Å²) in [7, 11) is 0. The van der Waals surface area contributed by atoms with Crippen molar-refractivity contribution in [3.63, 3.8) is 0 Å². The van der Waals surface area contributed by atoms with Gasteiger partial charge in [-0.1, -0.05) is 30.4 Å². The maximum Gasteiger partial charge on any atom is 0.184 e. The van der Waals surface area contributed by atoms with Gasteiger partial charge in [0.25, 0.3) is 0 Å². The molecular weight excluding hydrogens is 318 g/mol. The molecule has 1 heterocycles. The molecule has 24 heavy (non-hydrogen) atoms. The summed E-state index contributed by atoms with van der Waals surface area (Å²) in [6, 6.07) is 10.1. The Kier molecular flexibility index (Phi) is 4.26. The molecule has 3 nitrogen and oxygen atoms in total. The fourth-order valence-corrected chi connectivity index (χ4v) is 3.78. The first-order valence-electron chi connectivity index (χ1n) is 8.19. The number of para-hydroxylation sites is 1. The van der Waals surface area contributed by atoms with Crippen LogP contribution in [0.4, 0.5) is 5.69 Å². The van der Waals surface area contributed by atoms with E-state index in [4.69, 9.17) is 17.0 Å². The minimum Gasteiger partial charge on any atom is -0.507 e. The van der Waals surface area contributed by atoms with E-state index in [1.54, 1.807) is 5.49 Å². The maximum atomic E-state index is 10.3. The Bertz CT molecular complexity index is 788. The van der Waals surface area contributed by atoms with Crippen LogP contribution in [-0.4, -0.2) is 16.3 Å². The SMILES string of the molecule is Cc1c(C)c2c(c(C)c1O)CCC(C)(N(C=S)c1ccccc1)O2. The topological polar surface area (TPSA) is 32.7 Å². The van der Waals surface area contributed by atoms with E-state index in [9.17, 15) is 5.11 Å². The summed E-state index contributed by atoms with van der Waals surface area (Å²) in [5.74, 6) is 1.27. The van der Waals surface area contributed by atoms with Crippen LogP contribution in [0.1, 0.15) is 35.6 Å². The van der Waals surface area contributed by atoms with Gasteiger partial charge in [-0.2, -0.15) is 0 Å². The zero-order valence-corrected chi connectivity index (χ0v) is 15.4. The van der Waals surface area contributed by atoms with Crippen molar-refractivity contribution in [2.45, 2.75) is 46.3 Å². The standard InChI is InChI=1S/C20H23NO2S/c1-13-14(2)19-17(15(3)18(13)22)10-11-20(4,23-19)21(12-24)16-8-6-5-7-9-16/h5-9,12,22H,10-11H2,1-4H3. The average molecular weight is 341 g/mol. The van der Waals surface area contributed by atoms with Crippen LogP contribution in [0.15, 0.2) is 30.3 Å². The Balaban J connectivity index is 2.07. The van der Waals surface area contributed by atoms with Crippen LogP contribution >= 0.6 is 12.2 Å². The van der Waals surface area contributed by atoms with E-state index in [2.05, 4.69) is 6.92 Å². The van der Waals surface area contributed by atoms with Gasteiger partial charge >= 0.3 is 0 Å². The smallest absolute Gasteiger partial charge is 0.184 e. The Labute approximate surface area is 148 Å². The van der Waals surface area contributed by atoms with Gasteiger partial charge in [0.2, 0.25) is 0 Å². The molecule has 1 atom stereocenters. The molecule has 0 spiro atoms. The van der Waals surface area contributed by atoms with Crippen molar-refractivity contribution in [2.24, 2.45) is 0 Å². The van der Waals surface area contributed by atoms with Crippen LogP contribution in [0.2, 0.25) is 0 Å². The fourth-order valence-electron chi connectivity index (χ4n) is 3.44. The van der Waals surface area contributed by atoms with E-state index >= 15 is 0 Å². The molecule has 2 aromatic rings. The number of fused-ring (bicyclic) bond motifs is 1. The van der Waals surface area contributed by atoms with Crippen LogP contribution in [0, 0.1) is 20.8 Å². The number of ether oxygens (including phenoxy) is 1. The van der Waals surface area contributed by atoms with Crippen LogP contribution in [-0.2, 0) is 6.42 Å². The first-order valence-corrected chi connectivity index (χ1v) is 8.66. The number of nitrogens with zero attached hydrogens (tertiary/aromatic N) is 1. The molecule has 4 heteroatoms. The van der Waals surface area contributed by atoms with Gasteiger partial charge in [0.15, 0.2) is 5.72 Å². The minimum atomic E-state index is -0.545. The normalized spacial score (nSPS) is 19.3. The highest BCUT2D eigenvalue weighted by atomic mass is 32.1. The lowest BCUT2D eigenvalue weighted by Gasteiger charge is -2.44. The van der Waals surface area contributed by atoms with Crippen LogP contribution in [0.3, 0.4) is 0 Å². The lowest BCUT2D eigenvalue weighted by molar-refractivity contribution is 0.0744. The van der Waals surface area contributed by atoms with E-state index < -0.39 is 5.72 Å². The molecule has 0 amide bonds.